The summed E-state index contributed by atoms with van der Waals surface area (Å²) in [5.41, 5.74) is 0. The zero-order chi connectivity index (χ0) is 18.0. The van der Waals surface area contributed by atoms with E-state index in [-0.39, 0.29) is 30.1 Å². The Kier molecular flexibility index (Phi) is 7.72. The lowest BCUT2D eigenvalue weighted by atomic mass is 9.96. The second-order valence-corrected chi connectivity index (χ2v) is 10.1. The first-order valence-corrected chi connectivity index (χ1v) is 10.9. The first-order valence-electron chi connectivity index (χ1n) is 8.61. The first kappa shape index (κ1) is 21.9. The first-order chi connectivity index (χ1) is 11.9. The Balaban J connectivity index is 0.00000243. The van der Waals surface area contributed by atoms with Gasteiger partial charge in [-0.1, -0.05) is 0 Å². The molecule has 26 heavy (non-hydrogen) atoms. The molecule has 0 radical (unpaired) electrons. The highest BCUT2D eigenvalue weighted by molar-refractivity contribution is 14.0. The molecule has 2 aliphatic rings. The highest BCUT2D eigenvalue weighted by atomic mass is 127. The van der Waals surface area contributed by atoms with Gasteiger partial charge in [-0.25, -0.2) is 17.7 Å². The van der Waals surface area contributed by atoms with Crippen LogP contribution in [0.3, 0.4) is 0 Å². The van der Waals surface area contributed by atoms with Crippen molar-refractivity contribution in [2.75, 3.05) is 20.6 Å². The van der Waals surface area contributed by atoms with E-state index in [0.29, 0.717) is 22.9 Å². The summed E-state index contributed by atoms with van der Waals surface area (Å²) in [5.74, 6) is 0.758. The third-order valence-electron chi connectivity index (χ3n) is 4.54. The van der Waals surface area contributed by atoms with E-state index >= 15 is 0 Å². The third kappa shape index (κ3) is 4.89. The van der Waals surface area contributed by atoms with Gasteiger partial charge in [0, 0.05) is 25.5 Å². The van der Waals surface area contributed by atoms with Gasteiger partial charge in [-0.3, -0.25) is 0 Å². The Hall–Kier alpha value is -0.430. The zero-order valence-electron chi connectivity index (χ0n) is 15.3. The lowest BCUT2D eigenvalue weighted by Crippen LogP contribution is -2.47. The molecule has 148 valence electrons. The molecule has 10 heteroatoms. The lowest BCUT2D eigenvalue weighted by molar-refractivity contribution is 0.0992. The van der Waals surface area contributed by atoms with Crippen molar-refractivity contribution in [3.05, 3.63) is 17.0 Å². The number of hydrogen-bond donors (Lipinski definition) is 2. The molecule has 0 spiro atoms. The van der Waals surface area contributed by atoms with Crippen LogP contribution in [0.1, 0.15) is 31.1 Å². The Labute approximate surface area is 176 Å². The fourth-order valence-corrected chi connectivity index (χ4v) is 5.65. The van der Waals surface area contributed by atoms with Crippen molar-refractivity contribution < 1.29 is 13.2 Å². The van der Waals surface area contributed by atoms with Gasteiger partial charge in [0.2, 0.25) is 0 Å². The summed E-state index contributed by atoms with van der Waals surface area (Å²) in [6.07, 6.45) is 3.97. The molecule has 1 aromatic heterocycles. The lowest BCUT2D eigenvalue weighted by Gasteiger charge is -2.22. The molecule has 2 bridgehead atoms. The number of ether oxygens (including phenoxy) is 1. The van der Waals surface area contributed by atoms with E-state index in [1.165, 1.54) is 29.7 Å². The Bertz CT molecular complexity index is 736. The van der Waals surface area contributed by atoms with Gasteiger partial charge < -0.3 is 15.4 Å². The molecule has 0 aromatic carbocycles. The van der Waals surface area contributed by atoms with Crippen molar-refractivity contribution in [1.29, 1.82) is 0 Å². The van der Waals surface area contributed by atoms with E-state index in [4.69, 9.17) is 4.74 Å². The van der Waals surface area contributed by atoms with Crippen molar-refractivity contribution in [2.45, 2.75) is 55.2 Å². The molecule has 2 fully saturated rings. The Morgan fingerprint density at radius 1 is 1.38 bits per heavy atom. The normalized spacial score (nSPS) is 25.4. The molecule has 0 saturated carbocycles. The molecule has 0 aliphatic carbocycles. The fraction of sp³-hybridized carbons (Fsp3) is 0.688. The zero-order valence-corrected chi connectivity index (χ0v) is 19.2. The quantitative estimate of drug-likeness (QED) is 0.345. The summed E-state index contributed by atoms with van der Waals surface area (Å²) in [5, 5.41) is 6.72. The molecular weight excluding hydrogens is 487 g/mol. The van der Waals surface area contributed by atoms with Gasteiger partial charge in [0.15, 0.2) is 5.96 Å². The number of hydrogen-bond acceptors (Lipinski definition) is 5. The number of aliphatic imine (C=N–C) groups is 1. The van der Waals surface area contributed by atoms with Crippen LogP contribution >= 0.6 is 35.3 Å². The topological polar surface area (TPSA) is 83.0 Å². The van der Waals surface area contributed by atoms with Crippen LogP contribution in [0.5, 0.6) is 0 Å². The summed E-state index contributed by atoms with van der Waals surface area (Å²) in [7, 11) is -0.295. The summed E-state index contributed by atoms with van der Waals surface area (Å²) in [4.78, 5) is 5.53. The number of guanidine groups is 1. The molecule has 7 nitrogen and oxygen atoms in total. The maximum Gasteiger partial charge on any atom is 0.252 e. The minimum atomic E-state index is -3.37. The standard InChI is InChI=1S/C16H26N4O3S2.HI/c1-4-17-16(19-13-9-11-5-7-14(13)23-11)18-10-12-6-8-15(24-12)25(21,22)20(2)3;/h6,8,11,13-14H,4-5,7,9-10H2,1-3H3,(H2,17,18,19);1H. The van der Waals surface area contributed by atoms with Crippen LogP contribution in [0.4, 0.5) is 0 Å². The van der Waals surface area contributed by atoms with Gasteiger partial charge in [0.05, 0.1) is 24.8 Å². The van der Waals surface area contributed by atoms with E-state index in [1.54, 1.807) is 6.07 Å². The molecule has 3 atom stereocenters. The predicted molar refractivity (Wildman–Crippen MR) is 115 cm³/mol. The van der Waals surface area contributed by atoms with Crippen LogP contribution in [0, 0.1) is 0 Å². The van der Waals surface area contributed by atoms with Crippen molar-refractivity contribution >= 4 is 51.3 Å². The largest absolute Gasteiger partial charge is 0.373 e. The van der Waals surface area contributed by atoms with Crippen LogP contribution in [-0.2, 0) is 21.3 Å². The minimum absolute atomic E-state index is 0. The van der Waals surface area contributed by atoms with Gasteiger partial charge in [0.1, 0.15) is 4.21 Å². The summed E-state index contributed by atoms with van der Waals surface area (Å²) < 4.78 is 31.8. The molecule has 0 amide bonds. The number of rotatable bonds is 6. The molecule has 3 rings (SSSR count). The number of sulfonamides is 1. The number of fused-ring (bicyclic) bond motifs is 2. The molecule has 2 aliphatic heterocycles. The summed E-state index contributed by atoms with van der Waals surface area (Å²) in [6.45, 7) is 3.25. The van der Waals surface area contributed by atoms with Gasteiger partial charge in [-0.05, 0) is 38.3 Å². The van der Waals surface area contributed by atoms with E-state index < -0.39 is 10.0 Å². The molecule has 3 unspecified atom stereocenters. The second kappa shape index (κ2) is 9.18. The smallest absolute Gasteiger partial charge is 0.252 e. The fourth-order valence-electron chi connectivity index (χ4n) is 3.20. The van der Waals surface area contributed by atoms with Crippen LogP contribution in [0.15, 0.2) is 21.3 Å². The molecule has 2 N–H and O–H groups in total. The van der Waals surface area contributed by atoms with Crippen molar-refractivity contribution in [3.63, 3.8) is 0 Å². The van der Waals surface area contributed by atoms with E-state index in [9.17, 15) is 8.42 Å². The highest BCUT2D eigenvalue weighted by Gasteiger charge is 2.41. The average Bonchev–Trinajstić information content (AvgIpc) is 3.29. The van der Waals surface area contributed by atoms with Crippen molar-refractivity contribution in [1.82, 2.24) is 14.9 Å². The van der Waals surface area contributed by atoms with E-state index in [1.807, 2.05) is 13.0 Å². The van der Waals surface area contributed by atoms with Crippen molar-refractivity contribution in [3.8, 4) is 0 Å². The van der Waals surface area contributed by atoms with Crippen LogP contribution in [-0.4, -0.2) is 57.6 Å². The SMILES string of the molecule is CCNC(=NCc1ccc(S(=O)(=O)N(C)C)s1)NC1CC2CCC1O2.I. The average molecular weight is 514 g/mol. The summed E-state index contributed by atoms with van der Waals surface area (Å²) >= 11 is 1.27. The summed E-state index contributed by atoms with van der Waals surface area (Å²) in [6, 6.07) is 3.79. The van der Waals surface area contributed by atoms with E-state index in [0.717, 1.165) is 36.6 Å². The highest BCUT2D eigenvalue weighted by Crippen LogP contribution is 2.34. The van der Waals surface area contributed by atoms with Crippen LogP contribution < -0.4 is 10.6 Å². The maximum atomic E-state index is 12.2. The number of thiophene rings is 1. The van der Waals surface area contributed by atoms with Gasteiger partial charge >= 0.3 is 0 Å². The second-order valence-electron chi connectivity index (χ2n) is 6.56. The number of nitrogens with zero attached hydrogens (tertiary/aromatic N) is 2. The maximum absolute atomic E-state index is 12.2. The van der Waals surface area contributed by atoms with E-state index in [2.05, 4.69) is 15.6 Å². The third-order valence-corrected chi connectivity index (χ3v) is 7.89. The van der Waals surface area contributed by atoms with Crippen molar-refractivity contribution in [2.24, 2.45) is 4.99 Å². The molecular formula is C16H27IN4O3S2. The van der Waals surface area contributed by atoms with Crippen LogP contribution in [0.2, 0.25) is 0 Å². The van der Waals surface area contributed by atoms with Gasteiger partial charge in [-0.15, -0.1) is 35.3 Å². The minimum Gasteiger partial charge on any atom is -0.373 e. The number of halogens is 1. The Morgan fingerprint density at radius 3 is 2.73 bits per heavy atom. The molecule has 1 aromatic rings. The molecule has 2 saturated heterocycles. The van der Waals surface area contributed by atoms with Crippen LogP contribution in [0.25, 0.3) is 0 Å². The van der Waals surface area contributed by atoms with Gasteiger partial charge in [-0.2, -0.15) is 0 Å². The Morgan fingerprint density at radius 2 is 2.15 bits per heavy atom. The van der Waals surface area contributed by atoms with Gasteiger partial charge in [0.25, 0.3) is 10.0 Å². The number of nitrogens with one attached hydrogen (secondary N) is 2. The monoisotopic (exact) mass is 514 g/mol. The molecule has 3 heterocycles. The predicted octanol–water partition coefficient (Wildman–Crippen LogP) is 1.99.